The molecule has 0 aromatic heterocycles. The lowest BCUT2D eigenvalue weighted by Gasteiger charge is -2.24. The molecule has 0 unspecified atom stereocenters. The number of fused-ring (bicyclic) bond motifs is 2. The fourth-order valence-electron chi connectivity index (χ4n) is 4.11. The number of benzene rings is 1. The third-order valence-electron chi connectivity index (χ3n) is 5.67. The Morgan fingerprint density at radius 3 is 2.48 bits per heavy atom. The van der Waals surface area contributed by atoms with Crippen LogP contribution in [0.4, 0.5) is 4.79 Å². The lowest BCUT2D eigenvalue weighted by Crippen LogP contribution is -2.49. The maximum absolute atomic E-state index is 12.9. The topological polar surface area (TPSA) is 76.7 Å². The first-order chi connectivity index (χ1) is 14.7. The molecule has 0 spiro atoms. The Kier molecular flexibility index (Phi) is 7.92. The minimum atomic E-state index is -0.646. The molecule has 3 rings (SSSR count). The maximum atomic E-state index is 12.9. The van der Waals surface area contributed by atoms with Crippen LogP contribution >= 0.6 is 11.8 Å². The van der Waals surface area contributed by atoms with E-state index in [9.17, 15) is 9.59 Å². The number of carbonyl (C=O) groups excluding carboxylic acids is 2. The zero-order valence-corrected chi connectivity index (χ0v) is 19.7. The van der Waals surface area contributed by atoms with Crippen LogP contribution < -0.4 is 15.4 Å². The van der Waals surface area contributed by atoms with Gasteiger partial charge in [-0.15, -0.1) is 0 Å². The molecule has 2 bridgehead atoms. The zero-order chi connectivity index (χ0) is 22.4. The molecule has 2 aliphatic carbocycles. The third-order valence-corrected chi connectivity index (χ3v) is 6.90. The van der Waals surface area contributed by atoms with Crippen LogP contribution in [0.3, 0.4) is 0 Å². The second-order valence-electron chi connectivity index (χ2n) is 9.34. The standard InChI is InChI=1S/C24H34N2O4S/c1-24(2,3)30-23(28)26-21(15-31-14-19-12-17-5-8-18(19)11-17)22(27)25-13-16-6-9-20(29-4)10-7-16/h5-10,17-19,21H,11-15H2,1-4H3,(H,25,27)(H,26,28)/t17-,18+,19+,21+/m1/s1. The van der Waals surface area contributed by atoms with Gasteiger partial charge in [0.1, 0.15) is 17.4 Å². The van der Waals surface area contributed by atoms with E-state index < -0.39 is 17.7 Å². The molecular formula is C24H34N2O4S. The second kappa shape index (κ2) is 10.4. The van der Waals surface area contributed by atoms with Crippen LogP contribution in [0, 0.1) is 17.8 Å². The highest BCUT2D eigenvalue weighted by Gasteiger charge is 2.35. The predicted molar refractivity (Wildman–Crippen MR) is 124 cm³/mol. The first-order valence-corrected chi connectivity index (χ1v) is 12.0. The Balaban J connectivity index is 1.53. The van der Waals surface area contributed by atoms with Crippen LogP contribution in [0.2, 0.25) is 0 Å². The summed E-state index contributed by atoms with van der Waals surface area (Å²) in [6.45, 7) is 5.81. The summed E-state index contributed by atoms with van der Waals surface area (Å²) in [5, 5.41) is 5.69. The van der Waals surface area contributed by atoms with Gasteiger partial charge in [0.2, 0.25) is 5.91 Å². The molecule has 31 heavy (non-hydrogen) atoms. The van der Waals surface area contributed by atoms with E-state index in [1.807, 2.05) is 45.0 Å². The second-order valence-corrected chi connectivity index (χ2v) is 10.4. The Bertz CT molecular complexity index is 788. The van der Waals surface area contributed by atoms with E-state index >= 15 is 0 Å². The van der Waals surface area contributed by atoms with Crippen molar-refractivity contribution < 1.29 is 19.1 Å². The van der Waals surface area contributed by atoms with Crippen molar-refractivity contribution in [2.24, 2.45) is 17.8 Å². The first kappa shape index (κ1) is 23.5. The van der Waals surface area contributed by atoms with Gasteiger partial charge in [-0.2, -0.15) is 11.8 Å². The Hall–Kier alpha value is -2.15. The van der Waals surface area contributed by atoms with Gasteiger partial charge < -0.3 is 20.1 Å². The molecule has 1 aromatic carbocycles. The Morgan fingerprint density at radius 2 is 1.90 bits per heavy atom. The number of thioether (sulfide) groups is 1. The number of alkyl carbamates (subject to hydrolysis) is 1. The minimum absolute atomic E-state index is 0.206. The van der Waals surface area contributed by atoms with Gasteiger partial charge in [-0.3, -0.25) is 4.79 Å². The summed E-state index contributed by atoms with van der Waals surface area (Å²) in [7, 11) is 1.62. The zero-order valence-electron chi connectivity index (χ0n) is 18.9. The molecule has 1 fully saturated rings. The number of carbonyl (C=O) groups is 2. The number of nitrogens with one attached hydrogen (secondary N) is 2. The van der Waals surface area contributed by atoms with Crippen molar-refractivity contribution in [2.45, 2.75) is 51.8 Å². The van der Waals surface area contributed by atoms with Gasteiger partial charge in [-0.25, -0.2) is 4.79 Å². The number of methoxy groups -OCH3 is 1. The van der Waals surface area contributed by atoms with Crippen LogP contribution in [0.1, 0.15) is 39.2 Å². The fourth-order valence-corrected chi connectivity index (χ4v) is 5.40. The highest BCUT2D eigenvalue weighted by Crippen LogP contribution is 2.44. The van der Waals surface area contributed by atoms with Crippen molar-refractivity contribution in [3.8, 4) is 5.75 Å². The van der Waals surface area contributed by atoms with Crippen molar-refractivity contribution in [1.29, 1.82) is 0 Å². The highest BCUT2D eigenvalue weighted by atomic mass is 32.2. The maximum Gasteiger partial charge on any atom is 0.408 e. The van der Waals surface area contributed by atoms with Crippen LogP contribution in [0.25, 0.3) is 0 Å². The van der Waals surface area contributed by atoms with Gasteiger partial charge >= 0.3 is 6.09 Å². The summed E-state index contributed by atoms with van der Waals surface area (Å²) in [6, 6.07) is 6.89. The van der Waals surface area contributed by atoms with Crippen LogP contribution in [-0.4, -0.2) is 42.3 Å². The molecule has 4 atom stereocenters. The van der Waals surface area contributed by atoms with E-state index in [-0.39, 0.29) is 5.91 Å². The smallest absolute Gasteiger partial charge is 0.408 e. The fraction of sp³-hybridized carbons (Fsp3) is 0.583. The lowest BCUT2D eigenvalue weighted by atomic mass is 9.96. The summed E-state index contributed by atoms with van der Waals surface area (Å²) >= 11 is 1.73. The lowest BCUT2D eigenvalue weighted by molar-refractivity contribution is -0.122. The minimum Gasteiger partial charge on any atom is -0.497 e. The average molecular weight is 447 g/mol. The van der Waals surface area contributed by atoms with Crippen molar-refractivity contribution >= 4 is 23.8 Å². The molecule has 1 saturated carbocycles. The van der Waals surface area contributed by atoms with Crippen LogP contribution in [-0.2, 0) is 16.1 Å². The summed E-state index contributed by atoms with van der Waals surface area (Å²) in [6.07, 6.45) is 6.62. The molecule has 170 valence electrons. The summed E-state index contributed by atoms with van der Waals surface area (Å²) < 4.78 is 10.5. The molecule has 6 nitrogen and oxygen atoms in total. The van der Waals surface area contributed by atoms with Crippen LogP contribution in [0.5, 0.6) is 5.75 Å². The van der Waals surface area contributed by atoms with E-state index in [0.717, 1.165) is 23.0 Å². The molecule has 2 N–H and O–H groups in total. The molecule has 2 aliphatic rings. The SMILES string of the molecule is COc1ccc(CNC(=O)[C@H](CSC[C@@H]2C[C@@H]3C=C[C@H]2C3)NC(=O)OC(C)(C)C)cc1. The van der Waals surface area contributed by atoms with Gasteiger partial charge in [0, 0.05) is 12.3 Å². The first-order valence-electron chi connectivity index (χ1n) is 10.9. The quantitative estimate of drug-likeness (QED) is 0.557. The van der Waals surface area contributed by atoms with E-state index in [0.29, 0.717) is 24.1 Å². The Labute approximate surface area is 189 Å². The largest absolute Gasteiger partial charge is 0.497 e. The number of hydrogen-bond acceptors (Lipinski definition) is 5. The molecule has 0 saturated heterocycles. The number of ether oxygens (including phenoxy) is 2. The summed E-state index contributed by atoms with van der Waals surface area (Å²) in [4.78, 5) is 25.2. The van der Waals surface area contributed by atoms with E-state index in [2.05, 4.69) is 22.8 Å². The Morgan fingerprint density at radius 1 is 1.16 bits per heavy atom. The molecule has 1 aromatic rings. The molecule has 0 heterocycles. The predicted octanol–water partition coefficient (Wildman–Crippen LogP) is 4.15. The third kappa shape index (κ3) is 7.20. The van der Waals surface area contributed by atoms with Gasteiger partial charge in [0.15, 0.2) is 0 Å². The number of allylic oxidation sites excluding steroid dienone is 2. The van der Waals surface area contributed by atoms with E-state index in [1.165, 1.54) is 12.8 Å². The van der Waals surface area contributed by atoms with Crippen molar-refractivity contribution in [1.82, 2.24) is 10.6 Å². The van der Waals surface area contributed by atoms with Crippen molar-refractivity contribution in [2.75, 3.05) is 18.6 Å². The summed E-state index contributed by atoms with van der Waals surface area (Å²) in [5.74, 6) is 4.17. The van der Waals surface area contributed by atoms with Crippen LogP contribution in [0.15, 0.2) is 36.4 Å². The van der Waals surface area contributed by atoms with Gasteiger partial charge in [0.25, 0.3) is 0 Å². The van der Waals surface area contributed by atoms with Gasteiger partial charge in [0.05, 0.1) is 7.11 Å². The van der Waals surface area contributed by atoms with Crippen molar-refractivity contribution in [3.05, 3.63) is 42.0 Å². The monoisotopic (exact) mass is 446 g/mol. The van der Waals surface area contributed by atoms with E-state index in [1.54, 1.807) is 18.9 Å². The number of rotatable bonds is 9. The normalized spacial score (nSPS) is 22.8. The number of amides is 2. The van der Waals surface area contributed by atoms with Crippen molar-refractivity contribution in [3.63, 3.8) is 0 Å². The molecule has 0 aliphatic heterocycles. The molecular weight excluding hydrogens is 412 g/mol. The summed E-state index contributed by atoms with van der Waals surface area (Å²) in [5.41, 5.74) is 0.350. The van der Waals surface area contributed by atoms with Gasteiger partial charge in [-0.1, -0.05) is 24.3 Å². The molecule has 2 amide bonds. The average Bonchev–Trinajstić information content (AvgIpc) is 3.33. The van der Waals surface area contributed by atoms with E-state index in [4.69, 9.17) is 9.47 Å². The molecule has 0 radical (unpaired) electrons. The molecule has 7 heteroatoms. The van der Waals surface area contributed by atoms with Gasteiger partial charge in [-0.05, 0) is 74.8 Å². The highest BCUT2D eigenvalue weighted by molar-refractivity contribution is 7.99. The number of hydrogen-bond donors (Lipinski definition) is 2.